The van der Waals surface area contributed by atoms with E-state index in [-0.39, 0.29) is 11.4 Å². The molecule has 0 heterocycles. The summed E-state index contributed by atoms with van der Waals surface area (Å²) >= 11 is 0. The minimum Gasteiger partial charge on any atom is -0.207 e. The van der Waals surface area contributed by atoms with E-state index in [9.17, 15) is 12.8 Å². The number of nitrogens with one attached hydrogen (secondary N) is 1. The summed E-state index contributed by atoms with van der Waals surface area (Å²) in [4.78, 5) is -0.322. The van der Waals surface area contributed by atoms with E-state index in [0.29, 0.717) is 0 Å². The maximum atomic E-state index is 13.2. The number of benzene rings is 1. The highest BCUT2D eigenvalue weighted by molar-refractivity contribution is 7.89. The van der Waals surface area contributed by atoms with Gasteiger partial charge in [0.05, 0.1) is 0 Å². The van der Waals surface area contributed by atoms with Crippen molar-refractivity contribution in [3.8, 4) is 0 Å². The highest BCUT2D eigenvalue weighted by Crippen LogP contribution is 2.12. The number of halogens is 1. The number of allylic oxidation sites excluding steroid dienone is 1. The second-order valence-corrected chi connectivity index (χ2v) is 5.30. The standard InChI is InChI=1S/C11H14FNO2S/c1-9(2)7-8-13-16(14,15)11-6-4-3-5-10(11)12/h3-7,13H,8H2,1-2H3. The van der Waals surface area contributed by atoms with E-state index in [4.69, 9.17) is 0 Å². The normalized spacial score (nSPS) is 11.2. The van der Waals surface area contributed by atoms with Crippen LogP contribution in [-0.4, -0.2) is 15.0 Å². The van der Waals surface area contributed by atoms with Crippen LogP contribution in [0.15, 0.2) is 40.8 Å². The highest BCUT2D eigenvalue weighted by atomic mass is 32.2. The maximum Gasteiger partial charge on any atom is 0.243 e. The first-order valence-electron chi connectivity index (χ1n) is 4.81. The van der Waals surface area contributed by atoms with Crippen molar-refractivity contribution in [2.75, 3.05) is 6.54 Å². The topological polar surface area (TPSA) is 46.2 Å². The molecule has 1 aromatic carbocycles. The second-order valence-electron chi connectivity index (χ2n) is 3.56. The van der Waals surface area contributed by atoms with E-state index >= 15 is 0 Å². The van der Waals surface area contributed by atoms with Crippen molar-refractivity contribution < 1.29 is 12.8 Å². The molecule has 0 bridgehead atoms. The summed E-state index contributed by atoms with van der Waals surface area (Å²) in [5.41, 5.74) is 0.997. The first-order chi connectivity index (χ1) is 7.43. The van der Waals surface area contributed by atoms with E-state index in [1.54, 1.807) is 6.08 Å². The Bertz CT molecular complexity index is 490. The van der Waals surface area contributed by atoms with Crippen LogP contribution < -0.4 is 4.72 Å². The van der Waals surface area contributed by atoms with Crippen LogP contribution in [0.4, 0.5) is 4.39 Å². The summed E-state index contributed by atoms with van der Waals surface area (Å²) in [6.45, 7) is 3.88. The van der Waals surface area contributed by atoms with Crippen molar-refractivity contribution in [3.63, 3.8) is 0 Å². The van der Waals surface area contributed by atoms with E-state index < -0.39 is 15.8 Å². The third-order valence-corrected chi connectivity index (χ3v) is 3.37. The predicted molar refractivity (Wildman–Crippen MR) is 61.0 cm³/mol. The molecule has 3 nitrogen and oxygen atoms in total. The summed E-state index contributed by atoms with van der Waals surface area (Å²) in [7, 11) is -3.76. The van der Waals surface area contributed by atoms with Crippen molar-refractivity contribution in [2.24, 2.45) is 0 Å². The highest BCUT2D eigenvalue weighted by Gasteiger charge is 2.16. The molecule has 0 saturated carbocycles. The summed E-state index contributed by atoms with van der Waals surface area (Å²) in [5, 5.41) is 0. The van der Waals surface area contributed by atoms with Gasteiger partial charge in [0.2, 0.25) is 10.0 Å². The molecule has 0 fully saturated rings. The van der Waals surface area contributed by atoms with Gasteiger partial charge in [-0.15, -0.1) is 0 Å². The first kappa shape index (κ1) is 12.9. The van der Waals surface area contributed by atoms with E-state index in [1.165, 1.54) is 18.2 Å². The Labute approximate surface area is 95.0 Å². The van der Waals surface area contributed by atoms with Gasteiger partial charge in [0.15, 0.2) is 0 Å². The fourth-order valence-electron chi connectivity index (χ4n) is 1.10. The van der Waals surface area contributed by atoms with Crippen molar-refractivity contribution in [1.82, 2.24) is 4.72 Å². The van der Waals surface area contributed by atoms with Gasteiger partial charge < -0.3 is 0 Å². The fourth-order valence-corrected chi connectivity index (χ4v) is 2.14. The van der Waals surface area contributed by atoms with Crippen LogP contribution in [0.3, 0.4) is 0 Å². The quantitative estimate of drug-likeness (QED) is 0.823. The molecule has 0 aliphatic carbocycles. The molecule has 0 atom stereocenters. The van der Waals surface area contributed by atoms with Crippen molar-refractivity contribution in [3.05, 3.63) is 41.7 Å². The summed E-state index contributed by atoms with van der Waals surface area (Å²) in [5.74, 6) is -0.743. The molecule has 0 aromatic heterocycles. The Balaban J connectivity index is 2.87. The lowest BCUT2D eigenvalue weighted by molar-refractivity contribution is 0.559. The van der Waals surface area contributed by atoms with Crippen molar-refractivity contribution in [1.29, 1.82) is 0 Å². The van der Waals surface area contributed by atoms with Gasteiger partial charge in [0.25, 0.3) is 0 Å². The largest absolute Gasteiger partial charge is 0.243 e. The Kier molecular flexibility index (Phi) is 4.20. The van der Waals surface area contributed by atoms with Crippen LogP contribution >= 0.6 is 0 Å². The SMILES string of the molecule is CC(C)=CCNS(=O)(=O)c1ccccc1F. The molecule has 0 amide bonds. The van der Waals surface area contributed by atoms with Gasteiger partial charge >= 0.3 is 0 Å². The smallest absolute Gasteiger partial charge is 0.207 e. The van der Waals surface area contributed by atoms with Gasteiger partial charge in [-0.3, -0.25) is 0 Å². The summed E-state index contributed by atoms with van der Waals surface area (Å²) in [6.07, 6.45) is 1.72. The van der Waals surface area contributed by atoms with Crippen LogP contribution in [0.25, 0.3) is 0 Å². The average molecular weight is 243 g/mol. The molecule has 0 radical (unpaired) electrons. The molecule has 5 heteroatoms. The summed E-state index contributed by atoms with van der Waals surface area (Å²) < 4.78 is 38.8. The zero-order valence-corrected chi connectivity index (χ0v) is 10.0. The van der Waals surface area contributed by atoms with Gasteiger partial charge in [-0.1, -0.05) is 23.8 Å². The van der Waals surface area contributed by atoms with Crippen LogP contribution in [0, 0.1) is 5.82 Å². The van der Waals surface area contributed by atoms with Crippen LogP contribution in [0.1, 0.15) is 13.8 Å². The zero-order valence-electron chi connectivity index (χ0n) is 9.20. The molecule has 1 aromatic rings. The second kappa shape index (κ2) is 5.23. The van der Waals surface area contributed by atoms with Gasteiger partial charge in [-0.25, -0.2) is 17.5 Å². The molecule has 88 valence electrons. The van der Waals surface area contributed by atoms with Crippen LogP contribution in [0.2, 0.25) is 0 Å². The number of rotatable bonds is 4. The molecule has 1 rings (SSSR count). The lowest BCUT2D eigenvalue weighted by Crippen LogP contribution is -2.24. The van der Waals surface area contributed by atoms with Gasteiger partial charge in [0, 0.05) is 6.54 Å². The minimum absolute atomic E-state index is 0.166. The maximum absolute atomic E-state index is 13.2. The van der Waals surface area contributed by atoms with Crippen molar-refractivity contribution in [2.45, 2.75) is 18.7 Å². The molecular weight excluding hydrogens is 229 g/mol. The lowest BCUT2D eigenvalue weighted by Gasteiger charge is -2.05. The Hall–Kier alpha value is -1.20. The zero-order chi connectivity index (χ0) is 12.2. The van der Waals surface area contributed by atoms with E-state index in [1.807, 2.05) is 13.8 Å². The third kappa shape index (κ3) is 3.43. The minimum atomic E-state index is -3.76. The Morgan fingerprint density at radius 3 is 2.56 bits per heavy atom. The molecule has 0 saturated heterocycles. The van der Waals surface area contributed by atoms with E-state index in [0.717, 1.165) is 11.6 Å². The first-order valence-corrected chi connectivity index (χ1v) is 6.29. The van der Waals surface area contributed by atoms with Crippen LogP contribution in [-0.2, 0) is 10.0 Å². The molecule has 0 spiro atoms. The Morgan fingerprint density at radius 1 is 1.38 bits per heavy atom. The van der Waals surface area contributed by atoms with Crippen molar-refractivity contribution >= 4 is 10.0 Å². The van der Waals surface area contributed by atoms with E-state index in [2.05, 4.69) is 4.72 Å². The monoisotopic (exact) mass is 243 g/mol. The Morgan fingerprint density at radius 2 is 2.00 bits per heavy atom. The molecule has 0 aliphatic heterocycles. The predicted octanol–water partition coefficient (Wildman–Crippen LogP) is 2.07. The van der Waals surface area contributed by atoms with Crippen LogP contribution in [0.5, 0.6) is 0 Å². The summed E-state index contributed by atoms with van der Waals surface area (Å²) in [6, 6.07) is 5.29. The number of sulfonamides is 1. The third-order valence-electron chi connectivity index (χ3n) is 1.91. The molecular formula is C11H14FNO2S. The molecule has 0 unspecified atom stereocenters. The molecule has 16 heavy (non-hydrogen) atoms. The lowest BCUT2D eigenvalue weighted by atomic mass is 10.3. The van der Waals surface area contributed by atoms with Gasteiger partial charge in [0.1, 0.15) is 10.7 Å². The number of hydrogen-bond acceptors (Lipinski definition) is 2. The molecule has 1 N–H and O–H groups in total. The fraction of sp³-hybridized carbons (Fsp3) is 0.273. The molecule has 0 aliphatic rings. The van der Waals surface area contributed by atoms with Gasteiger partial charge in [-0.2, -0.15) is 0 Å². The number of hydrogen-bond donors (Lipinski definition) is 1. The average Bonchev–Trinajstić information content (AvgIpc) is 2.17. The van der Waals surface area contributed by atoms with Gasteiger partial charge in [-0.05, 0) is 26.0 Å².